The van der Waals surface area contributed by atoms with Crippen LogP contribution < -0.4 is 14.4 Å². The molecule has 3 rings (SSSR count). The van der Waals surface area contributed by atoms with Crippen LogP contribution in [0.3, 0.4) is 0 Å². The molecule has 0 fully saturated rings. The van der Waals surface area contributed by atoms with Crippen LogP contribution in [0.2, 0.25) is 0 Å². The Kier molecular flexibility index (Phi) is 7.53. The van der Waals surface area contributed by atoms with E-state index in [1.165, 1.54) is 10.6 Å². The van der Waals surface area contributed by atoms with E-state index in [0.29, 0.717) is 24.2 Å². The molecule has 0 saturated carbocycles. The third-order valence-electron chi connectivity index (χ3n) is 5.12. The zero-order chi connectivity index (χ0) is 23.1. The van der Waals surface area contributed by atoms with Crippen LogP contribution in [0, 0.1) is 6.92 Å². The number of hydrogen-bond acceptors (Lipinski definition) is 4. The Bertz CT molecular complexity index is 1140. The van der Waals surface area contributed by atoms with E-state index in [2.05, 4.69) is 5.32 Å². The summed E-state index contributed by atoms with van der Waals surface area (Å²) in [7, 11) is -1.86. The maximum absolute atomic E-state index is 12.5. The molecule has 0 aromatic heterocycles. The fraction of sp³-hybridized carbons (Fsp3) is 0.240. The zero-order valence-corrected chi connectivity index (χ0v) is 19.4. The molecule has 0 spiro atoms. The van der Waals surface area contributed by atoms with E-state index in [4.69, 9.17) is 4.74 Å². The molecule has 32 heavy (non-hydrogen) atoms. The summed E-state index contributed by atoms with van der Waals surface area (Å²) in [6.07, 6.45) is 1.88. The highest BCUT2D eigenvalue weighted by molar-refractivity contribution is 7.92. The highest BCUT2D eigenvalue weighted by Gasteiger charge is 2.18. The summed E-state index contributed by atoms with van der Waals surface area (Å²) in [5, 5.41) is 2.90. The van der Waals surface area contributed by atoms with Gasteiger partial charge in [0, 0.05) is 12.1 Å². The minimum absolute atomic E-state index is 0.200. The Morgan fingerprint density at radius 1 is 0.906 bits per heavy atom. The molecule has 6 nitrogen and oxygen atoms in total. The standard InChI is InChI=1S/C25H28N2O4S/c1-19-4-6-21(7-5-19)18-27(32(3,29)30)23-12-10-22(11-13-23)25(28)26-17-16-20-8-14-24(31-2)15-9-20/h4-15H,16-18H2,1-3H3,(H,26,28). The van der Waals surface area contributed by atoms with Gasteiger partial charge in [0.05, 0.1) is 25.6 Å². The van der Waals surface area contributed by atoms with Gasteiger partial charge in [0.15, 0.2) is 0 Å². The zero-order valence-electron chi connectivity index (χ0n) is 18.5. The van der Waals surface area contributed by atoms with Crippen LogP contribution in [-0.4, -0.2) is 34.2 Å². The Morgan fingerprint density at radius 3 is 2.06 bits per heavy atom. The Labute approximate surface area is 189 Å². The lowest BCUT2D eigenvalue weighted by molar-refractivity contribution is 0.0954. The Morgan fingerprint density at radius 2 is 1.50 bits per heavy atom. The van der Waals surface area contributed by atoms with Gasteiger partial charge < -0.3 is 10.1 Å². The average Bonchev–Trinajstić information content (AvgIpc) is 2.78. The maximum atomic E-state index is 12.5. The normalized spacial score (nSPS) is 11.1. The molecule has 3 aromatic carbocycles. The maximum Gasteiger partial charge on any atom is 0.251 e. The molecule has 0 aliphatic heterocycles. The first-order valence-electron chi connectivity index (χ1n) is 10.3. The summed E-state index contributed by atoms with van der Waals surface area (Å²) in [6.45, 7) is 2.71. The molecule has 0 bridgehead atoms. The van der Waals surface area contributed by atoms with E-state index in [9.17, 15) is 13.2 Å². The fourth-order valence-corrected chi connectivity index (χ4v) is 4.14. The van der Waals surface area contributed by atoms with Crippen molar-refractivity contribution in [1.82, 2.24) is 5.32 Å². The van der Waals surface area contributed by atoms with Gasteiger partial charge in [-0.3, -0.25) is 9.10 Å². The van der Waals surface area contributed by atoms with Gasteiger partial charge in [-0.2, -0.15) is 0 Å². The number of nitrogens with zero attached hydrogens (tertiary/aromatic N) is 1. The summed E-state index contributed by atoms with van der Waals surface area (Å²) in [6, 6.07) is 22.1. The minimum atomic E-state index is -3.49. The van der Waals surface area contributed by atoms with Crippen LogP contribution in [0.4, 0.5) is 5.69 Å². The third kappa shape index (κ3) is 6.34. The quantitative estimate of drug-likeness (QED) is 0.534. The van der Waals surface area contributed by atoms with Crippen LogP contribution in [0.5, 0.6) is 5.75 Å². The van der Waals surface area contributed by atoms with E-state index >= 15 is 0 Å². The molecule has 3 aromatic rings. The fourth-order valence-electron chi connectivity index (χ4n) is 3.25. The van der Waals surface area contributed by atoms with Crippen molar-refractivity contribution in [1.29, 1.82) is 0 Å². The predicted octanol–water partition coefficient (Wildman–Crippen LogP) is 3.94. The Hall–Kier alpha value is -3.32. The number of aryl methyl sites for hydroxylation is 1. The van der Waals surface area contributed by atoms with Crippen LogP contribution in [0.15, 0.2) is 72.8 Å². The highest BCUT2D eigenvalue weighted by Crippen LogP contribution is 2.21. The first-order valence-corrected chi connectivity index (χ1v) is 12.2. The summed E-state index contributed by atoms with van der Waals surface area (Å²) in [4.78, 5) is 12.5. The van der Waals surface area contributed by atoms with Crippen molar-refractivity contribution in [3.63, 3.8) is 0 Å². The van der Waals surface area contributed by atoms with E-state index in [1.54, 1.807) is 31.4 Å². The second-order valence-electron chi connectivity index (χ2n) is 7.66. The second-order valence-corrected chi connectivity index (χ2v) is 9.56. The number of sulfonamides is 1. The number of carbonyl (C=O) groups excluding carboxylic acids is 1. The molecule has 168 valence electrons. The number of amides is 1. The van der Waals surface area contributed by atoms with Crippen molar-refractivity contribution in [3.8, 4) is 5.75 Å². The second kappa shape index (κ2) is 10.3. The lowest BCUT2D eigenvalue weighted by atomic mass is 10.1. The molecule has 0 atom stereocenters. The molecule has 0 radical (unpaired) electrons. The molecule has 0 heterocycles. The molecule has 1 amide bonds. The van der Waals surface area contributed by atoms with Gasteiger partial charge in [0.1, 0.15) is 5.75 Å². The minimum Gasteiger partial charge on any atom is -0.497 e. The van der Waals surface area contributed by atoms with Gasteiger partial charge in [-0.25, -0.2) is 8.42 Å². The van der Waals surface area contributed by atoms with Gasteiger partial charge in [-0.15, -0.1) is 0 Å². The molecular formula is C25H28N2O4S. The van der Waals surface area contributed by atoms with Crippen LogP contribution in [0.1, 0.15) is 27.0 Å². The van der Waals surface area contributed by atoms with E-state index in [-0.39, 0.29) is 12.5 Å². The van der Waals surface area contributed by atoms with Gasteiger partial charge in [-0.05, 0) is 60.9 Å². The van der Waals surface area contributed by atoms with E-state index < -0.39 is 10.0 Å². The number of hydrogen-bond donors (Lipinski definition) is 1. The van der Waals surface area contributed by atoms with Crippen molar-refractivity contribution >= 4 is 21.6 Å². The lowest BCUT2D eigenvalue weighted by Gasteiger charge is -2.23. The summed E-state index contributed by atoms with van der Waals surface area (Å²) < 4.78 is 31.2. The van der Waals surface area contributed by atoms with E-state index in [0.717, 1.165) is 22.4 Å². The Balaban J connectivity index is 1.63. The summed E-state index contributed by atoms with van der Waals surface area (Å²) in [5.74, 6) is 0.595. The summed E-state index contributed by atoms with van der Waals surface area (Å²) >= 11 is 0. The molecule has 0 aliphatic rings. The van der Waals surface area contributed by atoms with Crippen LogP contribution in [-0.2, 0) is 23.0 Å². The highest BCUT2D eigenvalue weighted by atomic mass is 32.2. The largest absolute Gasteiger partial charge is 0.497 e. The summed E-state index contributed by atoms with van der Waals surface area (Å²) in [5.41, 5.74) is 4.10. The SMILES string of the molecule is COc1ccc(CCNC(=O)c2ccc(N(Cc3ccc(C)cc3)S(C)(=O)=O)cc2)cc1. The van der Waals surface area contributed by atoms with Crippen molar-refractivity contribution in [2.75, 3.05) is 24.2 Å². The number of nitrogens with one attached hydrogen (secondary N) is 1. The van der Waals surface area contributed by atoms with Crippen molar-refractivity contribution in [2.24, 2.45) is 0 Å². The number of carbonyl (C=O) groups is 1. The topological polar surface area (TPSA) is 75.7 Å². The number of methoxy groups -OCH3 is 1. The van der Waals surface area contributed by atoms with Gasteiger partial charge in [0.25, 0.3) is 5.91 Å². The number of anilines is 1. The number of rotatable bonds is 9. The molecule has 7 heteroatoms. The molecule has 0 saturated heterocycles. The molecule has 0 aliphatic carbocycles. The smallest absolute Gasteiger partial charge is 0.251 e. The number of benzene rings is 3. The third-order valence-corrected chi connectivity index (χ3v) is 6.26. The van der Waals surface area contributed by atoms with Gasteiger partial charge in [0.2, 0.25) is 10.0 Å². The predicted molar refractivity (Wildman–Crippen MR) is 128 cm³/mol. The monoisotopic (exact) mass is 452 g/mol. The first-order chi connectivity index (χ1) is 15.3. The van der Waals surface area contributed by atoms with Crippen molar-refractivity contribution < 1.29 is 17.9 Å². The van der Waals surface area contributed by atoms with Crippen LogP contribution >= 0.6 is 0 Å². The lowest BCUT2D eigenvalue weighted by Crippen LogP contribution is -2.29. The molecule has 0 unspecified atom stereocenters. The first kappa shape index (κ1) is 23.3. The molecular weight excluding hydrogens is 424 g/mol. The average molecular weight is 453 g/mol. The van der Waals surface area contributed by atoms with Gasteiger partial charge in [-0.1, -0.05) is 42.0 Å². The molecule has 1 N–H and O–H groups in total. The van der Waals surface area contributed by atoms with E-state index in [1.807, 2.05) is 55.5 Å². The van der Waals surface area contributed by atoms with Gasteiger partial charge >= 0.3 is 0 Å². The number of ether oxygens (including phenoxy) is 1. The van der Waals surface area contributed by atoms with Crippen molar-refractivity contribution in [2.45, 2.75) is 19.9 Å². The van der Waals surface area contributed by atoms with Crippen molar-refractivity contribution in [3.05, 3.63) is 95.1 Å². The van der Waals surface area contributed by atoms with Crippen LogP contribution in [0.25, 0.3) is 0 Å².